The van der Waals surface area contributed by atoms with Crippen LogP contribution in [0, 0.1) is 0 Å². The van der Waals surface area contributed by atoms with E-state index in [0.717, 1.165) is 19.3 Å². The van der Waals surface area contributed by atoms with Crippen LogP contribution in [-0.4, -0.2) is 29.8 Å². The molecule has 0 unspecified atom stereocenters. The van der Waals surface area contributed by atoms with E-state index in [1.165, 1.54) is 0 Å². The van der Waals surface area contributed by atoms with Crippen LogP contribution in [0.2, 0.25) is 0 Å². The van der Waals surface area contributed by atoms with Crippen LogP contribution in [-0.2, 0) is 0 Å². The molecule has 1 aromatic rings. The molecule has 98 valence electrons. The highest BCUT2D eigenvalue weighted by Crippen LogP contribution is 2.32. The number of hydrogen-bond donors (Lipinski definition) is 2. The number of nitrogens with one attached hydrogen (secondary N) is 1. The summed E-state index contributed by atoms with van der Waals surface area (Å²) in [5.41, 5.74) is 0.107. The van der Waals surface area contributed by atoms with Crippen molar-refractivity contribution in [2.24, 2.45) is 0 Å². The van der Waals surface area contributed by atoms with Gasteiger partial charge in [-0.1, -0.05) is 12.1 Å². The highest BCUT2D eigenvalue weighted by atomic mass is 16.5. The number of aliphatic hydroxyl groups is 1. The number of ether oxygens (including phenoxy) is 1. The number of para-hydroxylation sites is 1. The zero-order valence-electron chi connectivity index (χ0n) is 10.6. The first-order chi connectivity index (χ1) is 8.71. The van der Waals surface area contributed by atoms with Crippen molar-refractivity contribution >= 4 is 5.91 Å². The Labute approximate surface area is 107 Å². The normalized spacial score (nSPS) is 16.8. The molecular weight excluding hydrogens is 230 g/mol. The fourth-order valence-corrected chi connectivity index (χ4v) is 2.17. The molecule has 1 aliphatic carbocycles. The van der Waals surface area contributed by atoms with Gasteiger partial charge in [-0.25, -0.2) is 0 Å². The van der Waals surface area contributed by atoms with E-state index in [1.54, 1.807) is 12.1 Å². The summed E-state index contributed by atoms with van der Waals surface area (Å²) in [5, 5.41) is 12.3. The number of benzene rings is 1. The lowest BCUT2D eigenvalue weighted by atomic mass is 9.77. The highest BCUT2D eigenvalue weighted by Gasteiger charge is 2.38. The molecule has 0 saturated heterocycles. The van der Waals surface area contributed by atoms with Gasteiger partial charge in [0.25, 0.3) is 5.91 Å². The van der Waals surface area contributed by atoms with Gasteiger partial charge in [0.2, 0.25) is 0 Å². The second-order valence-electron chi connectivity index (χ2n) is 4.68. The second-order valence-corrected chi connectivity index (χ2v) is 4.68. The molecule has 18 heavy (non-hydrogen) atoms. The van der Waals surface area contributed by atoms with Gasteiger partial charge in [0.05, 0.1) is 24.3 Å². The Bertz CT molecular complexity index is 421. The van der Waals surface area contributed by atoms with Crippen molar-refractivity contribution in [2.75, 3.05) is 13.2 Å². The Morgan fingerprint density at radius 3 is 2.72 bits per heavy atom. The molecule has 0 bridgehead atoms. The van der Waals surface area contributed by atoms with Gasteiger partial charge >= 0.3 is 0 Å². The lowest BCUT2D eigenvalue weighted by molar-refractivity contribution is 0.0639. The van der Waals surface area contributed by atoms with Gasteiger partial charge in [-0.15, -0.1) is 0 Å². The summed E-state index contributed by atoms with van der Waals surface area (Å²) in [6.07, 6.45) is 2.73. The van der Waals surface area contributed by atoms with E-state index in [9.17, 15) is 9.90 Å². The lowest BCUT2D eigenvalue weighted by Crippen LogP contribution is -2.56. The average Bonchev–Trinajstić information content (AvgIpc) is 2.35. The first kappa shape index (κ1) is 12.9. The Morgan fingerprint density at radius 1 is 1.44 bits per heavy atom. The smallest absolute Gasteiger partial charge is 0.255 e. The maximum absolute atomic E-state index is 12.2. The molecule has 0 spiro atoms. The molecule has 1 aromatic carbocycles. The molecule has 0 aliphatic heterocycles. The van der Waals surface area contributed by atoms with Crippen molar-refractivity contribution in [3.63, 3.8) is 0 Å². The zero-order chi connectivity index (χ0) is 13.0. The van der Waals surface area contributed by atoms with Crippen LogP contribution in [0.15, 0.2) is 24.3 Å². The summed E-state index contributed by atoms with van der Waals surface area (Å²) in [7, 11) is 0. The first-order valence-corrected chi connectivity index (χ1v) is 6.36. The van der Waals surface area contributed by atoms with Gasteiger partial charge in [0.1, 0.15) is 5.75 Å². The molecular formula is C14H19NO3. The minimum absolute atomic E-state index is 0.00442. The summed E-state index contributed by atoms with van der Waals surface area (Å²) < 4.78 is 5.43. The molecule has 2 rings (SSSR count). The Morgan fingerprint density at radius 2 is 2.17 bits per heavy atom. The topological polar surface area (TPSA) is 58.6 Å². The van der Waals surface area contributed by atoms with Crippen molar-refractivity contribution in [1.82, 2.24) is 5.32 Å². The monoisotopic (exact) mass is 249 g/mol. The zero-order valence-corrected chi connectivity index (χ0v) is 10.6. The summed E-state index contributed by atoms with van der Waals surface area (Å²) in [6, 6.07) is 7.17. The van der Waals surface area contributed by atoms with E-state index in [-0.39, 0.29) is 12.5 Å². The second kappa shape index (κ2) is 5.40. The van der Waals surface area contributed by atoms with E-state index < -0.39 is 5.54 Å². The molecule has 4 heteroatoms. The van der Waals surface area contributed by atoms with Gasteiger partial charge in [0.15, 0.2) is 0 Å². The molecule has 1 saturated carbocycles. The predicted octanol–water partition coefficient (Wildman–Crippen LogP) is 1.73. The van der Waals surface area contributed by atoms with Crippen LogP contribution in [0.4, 0.5) is 0 Å². The number of hydrogen-bond acceptors (Lipinski definition) is 3. The van der Waals surface area contributed by atoms with Crippen molar-refractivity contribution in [3.8, 4) is 5.75 Å². The molecule has 1 fully saturated rings. The van der Waals surface area contributed by atoms with Gasteiger partial charge in [-0.3, -0.25) is 4.79 Å². The van der Waals surface area contributed by atoms with E-state index >= 15 is 0 Å². The highest BCUT2D eigenvalue weighted by molar-refractivity contribution is 5.97. The molecule has 4 nitrogen and oxygen atoms in total. The molecule has 0 aromatic heterocycles. The summed E-state index contributed by atoms with van der Waals surface area (Å²) in [6.45, 7) is 2.40. The van der Waals surface area contributed by atoms with E-state index in [1.807, 2.05) is 19.1 Å². The van der Waals surface area contributed by atoms with Crippen molar-refractivity contribution in [2.45, 2.75) is 31.7 Å². The van der Waals surface area contributed by atoms with Crippen LogP contribution >= 0.6 is 0 Å². The summed E-state index contributed by atoms with van der Waals surface area (Å²) in [5.74, 6) is 0.415. The maximum Gasteiger partial charge on any atom is 0.255 e. The van der Waals surface area contributed by atoms with Gasteiger partial charge in [-0.2, -0.15) is 0 Å². The first-order valence-electron chi connectivity index (χ1n) is 6.36. The summed E-state index contributed by atoms with van der Waals surface area (Å²) >= 11 is 0. The summed E-state index contributed by atoms with van der Waals surface area (Å²) in [4.78, 5) is 12.2. The largest absolute Gasteiger partial charge is 0.493 e. The minimum atomic E-state index is -0.420. The van der Waals surface area contributed by atoms with Crippen molar-refractivity contribution in [1.29, 1.82) is 0 Å². The molecule has 0 radical (unpaired) electrons. The van der Waals surface area contributed by atoms with Gasteiger partial charge in [0, 0.05) is 0 Å². The predicted molar refractivity (Wildman–Crippen MR) is 68.7 cm³/mol. The third-order valence-electron chi connectivity index (χ3n) is 3.42. The third kappa shape index (κ3) is 2.48. The fourth-order valence-electron chi connectivity index (χ4n) is 2.17. The SMILES string of the molecule is CCOc1ccccc1C(=O)NC1(CO)CCC1. The molecule has 1 amide bonds. The number of rotatable bonds is 5. The molecule has 2 N–H and O–H groups in total. The van der Waals surface area contributed by atoms with Crippen LogP contribution in [0.1, 0.15) is 36.5 Å². The van der Waals surface area contributed by atoms with E-state index in [4.69, 9.17) is 4.74 Å². The van der Waals surface area contributed by atoms with Crippen LogP contribution < -0.4 is 10.1 Å². The van der Waals surface area contributed by atoms with Crippen LogP contribution in [0.25, 0.3) is 0 Å². The minimum Gasteiger partial charge on any atom is -0.493 e. The van der Waals surface area contributed by atoms with Gasteiger partial charge < -0.3 is 15.2 Å². The molecule has 1 aliphatic rings. The number of carbonyl (C=O) groups excluding carboxylic acids is 1. The Hall–Kier alpha value is -1.55. The maximum atomic E-state index is 12.2. The van der Waals surface area contributed by atoms with E-state index in [2.05, 4.69) is 5.32 Å². The third-order valence-corrected chi connectivity index (χ3v) is 3.42. The number of aliphatic hydroxyl groups excluding tert-OH is 1. The average molecular weight is 249 g/mol. The Balaban J connectivity index is 2.13. The van der Waals surface area contributed by atoms with Crippen molar-refractivity contribution in [3.05, 3.63) is 29.8 Å². The molecule has 0 atom stereocenters. The van der Waals surface area contributed by atoms with E-state index in [0.29, 0.717) is 17.9 Å². The van der Waals surface area contributed by atoms with Crippen LogP contribution in [0.3, 0.4) is 0 Å². The van der Waals surface area contributed by atoms with Crippen molar-refractivity contribution < 1.29 is 14.6 Å². The van der Waals surface area contributed by atoms with Gasteiger partial charge in [-0.05, 0) is 38.3 Å². The fraction of sp³-hybridized carbons (Fsp3) is 0.500. The quantitative estimate of drug-likeness (QED) is 0.835. The lowest BCUT2D eigenvalue weighted by Gasteiger charge is -2.41. The van der Waals surface area contributed by atoms with Crippen LogP contribution in [0.5, 0.6) is 5.75 Å². The number of amides is 1. The standard InChI is InChI=1S/C14H19NO3/c1-2-18-12-7-4-3-6-11(12)13(17)15-14(10-16)8-5-9-14/h3-4,6-7,16H,2,5,8-10H2,1H3,(H,15,17). The molecule has 0 heterocycles. The Kier molecular flexibility index (Phi) is 3.87. The number of carbonyl (C=O) groups is 1.